The standard InChI is InChI=1S/C17H11ClF3N3O2.C11H9F3O.C11H7F3O.C9H7F3O.C6H4ClN3O.C4H8O.CH4/c1-9-4-10(6-11(5-9)17(19,20)21)16(26)13-8-24(23-22-13)14-7-12(18)2-3-15(14)25;2*1-3-10(15)8-4-7(2)5-9(6-8)11(12,13)14;1-6-2-7(5-13)4-8(3-6)9(10,11)12;7-4-1-2-6(11)5(3-4)9-10-8;1-2-4-5-3-1;/h2-8,25H,1H3;1,4-6,10,15H,2H3;1,4-6H,2H3;2-5H,1H3;1-3,11H;1-4H2;1H4. The number of hydrogen-bond acceptors (Lipinski definition) is 10. The summed E-state index contributed by atoms with van der Waals surface area (Å²) in [5, 5.41) is 39.5. The maximum atomic E-state index is 12.9. The second-order valence-corrected chi connectivity index (χ2v) is 18.6. The number of terminal acetylenes is 2. The number of aryl methyl sites for hydroxylation is 4. The van der Waals surface area contributed by atoms with Gasteiger partial charge in [-0.2, -0.15) is 52.7 Å². The molecular formula is C59H50Cl2F12N6O7. The van der Waals surface area contributed by atoms with E-state index < -0.39 is 64.6 Å². The van der Waals surface area contributed by atoms with Crippen LogP contribution in [-0.4, -0.2) is 61.4 Å². The number of aldehydes is 1. The van der Waals surface area contributed by atoms with Gasteiger partial charge in [0.05, 0.1) is 34.1 Å². The van der Waals surface area contributed by atoms with Gasteiger partial charge in [0.15, 0.2) is 5.69 Å². The van der Waals surface area contributed by atoms with Crippen molar-refractivity contribution in [3.63, 3.8) is 0 Å². The van der Waals surface area contributed by atoms with Crippen LogP contribution < -0.4 is 0 Å². The number of carbonyl (C=O) groups is 3. The summed E-state index contributed by atoms with van der Waals surface area (Å²) in [6.07, 6.45) is -5.20. The van der Waals surface area contributed by atoms with Gasteiger partial charge >= 0.3 is 24.7 Å². The third-order valence-electron chi connectivity index (χ3n) is 10.8. The van der Waals surface area contributed by atoms with Crippen molar-refractivity contribution in [2.45, 2.75) is 78.8 Å². The number of aromatic nitrogens is 3. The van der Waals surface area contributed by atoms with E-state index >= 15 is 0 Å². The number of hydrogen-bond donors (Lipinski definition) is 3. The molecule has 0 radical (unpaired) electrons. The Bertz CT molecular complexity index is 3610. The molecule has 1 atom stereocenters. The van der Waals surface area contributed by atoms with Gasteiger partial charge < -0.3 is 20.1 Å². The molecule has 27 heteroatoms. The molecule has 13 nitrogen and oxygen atoms in total. The number of ether oxygens (including phenoxy) is 1. The first-order valence-electron chi connectivity index (χ1n) is 23.9. The summed E-state index contributed by atoms with van der Waals surface area (Å²) in [7, 11) is 0. The minimum absolute atomic E-state index is 0. The highest BCUT2D eigenvalue weighted by Gasteiger charge is 2.34. The number of ketones is 2. The average Bonchev–Trinajstić information content (AvgIpc) is 2.87. The van der Waals surface area contributed by atoms with Crippen molar-refractivity contribution in [1.29, 1.82) is 0 Å². The Morgan fingerprint density at radius 3 is 1.59 bits per heavy atom. The van der Waals surface area contributed by atoms with Crippen molar-refractivity contribution >= 4 is 46.7 Å². The van der Waals surface area contributed by atoms with E-state index in [0.29, 0.717) is 38.6 Å². The number of rotatable bonds is 7. The van der Waals surface area contributed by atoms with E-state index in [1.807, 2.05) is 5.92 Å². The number of nitrogens with zero attached hydrogens (tertiary/aromatic N) is 6. The molecule has 86 heavy (non-hydrogen) atoms. The Kier molecular flexibility index (Phi) is 27.6. The molecule has 1 aromatic heterocycles. The predicted octanol–water partition coefficient (Wildman–Crippen LogP) is 16.9. The molecule has 1 aliphatic heterocycles. The number of azide groups is 1. The molecule has 1 aliphatic rings. The highest BCUT2D eigenvalue weighted by molar-refractivity contribution is 6.31. The van der Waals surface area contributed by atoms with Crippen LogP contribution in [0.5, 0.6) is 11.5 Å². The van der Waals surface area contributed by atoms with Gasteiger partial charge in [-0.05, 0) is 177 Å². The number of phenols is 2. The van der Waals surface area contributed by atoms with E-state index in [1.54, 1.807) is 5.92 Å². The topological polar surface area (TPSA) is 201 Å². The van der Waals surface area contributed by atoms with Crippen molar-refractivity contribution < 1.29 is 87.1 Å². The number of alkyl halides is 12. The fourth-order valence-corrected chi connectivity index (χ4v) is 7.30. The summed E-state index contributed by atoms with van der Waals surface area (Å²) in [5.74, 6) is 2.07. The Labute approximate surface area is 494 Å². The number of carbonyl (C=O) groups excluding carboxylic acids is 3. The van der Waals surface area contributed by atoms with Gasteiger partial charge in [-0.15, -0.1) is 17.9 Å². The Hall–Kier alpha value is -8.84. The molecule has 1 fully saturated rings. The number of aromatic hydroxyl groups is 2. The lowest BCUT2D eigenvalue weighted by Gasteiger charge is -2.11. The van der Waals surface area contributed by atoms with Crippen molar-refractivity contribution in [2.75, 3.05) is 13.2 Å². The maximum absolute atomic E-state index is 12.9. The molecule has 8 rings (SSSR count). The number of Topliss-reactive ketones (excluding diaryl/α,β-unsaturated/α-hetero) is 1. The van der Waals surface area contributed by atoms with Crippen LogP contribution in [0.15, 0.2) is 121 Å². The SMILES string of the molecule is C.C#CC(=O)c1cc(C)cc(C(F)(F)F)c1.C#CC(O)c1cc(C)cc(C(F)(F)F)c1.C1CCOC1.Cc1cc(C(=O)c2cn(-c3cc(Cl)ccc3O)nn2)cc(C(F)(F)F)c1.Cc1cc(C=O)cc(C(F)(F)F)c1.[N-]=[N+]=Nc1cc(Cl)ccc1O. The molecule has 2 heterocycles. The van der Waals surface area contributed by atoms with Crippen LogP contribution in [0.25, 0.3) is 16.1 Å². The molecule has 6 aromatic carbocycles. The number of benzene rings is 6. The van der Waals surface area contributed by atoms with Crippen molar-refractivity contribution in [3.8, 4) is 41.9 Å². The molecule has 0 saturated carbocycles. The monoisotopic (exact) mass is 1250 g/mol. The lowest BCUT2D eigenvalue weighted by Crippen LogP contribution is -2.09. The first kappa shape index (κ1) is 73.3. The number of phenolic OH excluding ortho intramolecular Hbond substituents is 2. The third-order valence-corrected chi connectivity index (χ3v) is 11.2. The molecule has 0 amide bonds. The zero-order valence-corrected chi connectivity index (χ0v) is 46.1. The highest BCUT2D eigenvalue weighted by atomic mass is 35.5. The highest BCUT2D eigenvalue weighted by Crippen LogP contribution is 2.35. The molecule has 456 valence electrons. The van der Waals surface area contributed by atoms with Crippen LogP contribution in [0.3, 0.4) is 0 Å². The molecule has 3 N–H and O–H groups in total. The molecule has 0 spiro atoms. The van der Waals surface area contributed by atoms with E-state index in [1.165, 1.54) is 107 Å². The summed E-state index contributed by atoms with van der Waals surface area (Å²) >= 11 is 11.4. The number of aliphatic hydroxyl groups excluding tert-OH is 1. The molecule has 7 aromatic rings. The fourth-order valence-electron chi connectivity index (χ4n) is 6.96. The van der Waals surface area contributed by atoms with Crippen LogP contribution in [0.1, 0.15) is 113 Å². The Morgan fingerprint density at radius 1 is 0.674 bits per heavy atom. The minimum Gasteiger partial charge on any atom is -0.507 e. The molecule has 0 bridgehead atoms. The predicted molar refractivity (Wildman–Crippen MR) is 297 cm³/mol. The summed E-state index contributed by atoms with van der Waals surface area (Å²) in [6, 6.07) is 21.1. The van der Waals surface area contributed by atoms with Crippen molar-refractivity contribution in [3.05, 3.63) is 208 Å². The smallest absolute Gasteiger partial charge is 0.416 e. The maximum Gasteiger partial charge on any atom is 0.416 e. The van der Waals surface area contributed by atoms with Gasteiger partial charge in [0.1, 0.15) is 29.6 Å². The molecule has 1 saturated heterocycles. The van der Waals surface area contributed by atoms with E-state index in [2.05, 4.69) is 20.3 Å². The lowest BCUT2D eigenvalue weighted by molar-refractivity contribution is -0.138. The first-order chi connectivity index (χ1) is 39.5. The third kappa shape index (κ3) is 23.7. The van der Waals surface area contributed by atoms with Crippen molar-refractivity contribution in [1.82, 2.24) is 15.0 Å². The second-order valence-electron chi connectivity index (χ2n) is 17.7. The zero-order valence-electron chi connectivity index (χ0n) is 44.6. The average molecular weight is 1250 g/mol. The van der Waals surface area contributed by atoms with Gasteiger partial charge in [0.25, 0.3) is 0 Å². The fraction of sp³-hybridized carbons (Fsp3) is 0.237. The zero-order chi connectivity index (χ0) is 64.2. The summed E-state index contributed by atoms with van der Waals surface area (Å²) in [6.45, 7) is 7.97. The van der Waals surface area contributed by atoms with Gasteiger partial charge in [-0.1, -0.05) is 58.5 Å². The van der Waals surface area contributed by atoms with Crippen LogP contribution in [0.2, 0.25) is 10.0 Å². The van der Waals surface area contributed by atoms with Gasteiger partial charge in [-0.25, -0.2) is 4.68 Å². The Balaban J connectivity index is 0.000000370. The van der Waals surface area contributed by atoms with E-state index in [0.717, 1.165) is 66.4 Å². The van der Waals surface area contributed by atoms with Crippen LogP contribution in [-0.2, 0) is 29.4 Å². The summed E-state index contributed by atoms with van der Waals surface area (Å²) in [5.41, 5.74) is 6.20. The van der Waals surface area contributed by atoms with E-state index in [4.69, 9.17) is 51.4 Å². The normalized spacial score (nSPS) is 12.0. The lowest BCUT2D eigenvalue weighted by atomic mass is 10.0. The quantitative estimate of drug-likeness (QED) is 0.0203. The Morgan fingerprint density at radius 2 is 1.13 bits per heavy atom. The molecule has 1 unspecified atom stereocenters. The van der Waals surface area contributed by atoms with E-state index in [9.17, 15) is 77.3 Å². The summed E-state index contributed by atoms with van der Waals surface area (Å²) in [4.78, 5) is 36.3. The van der Waals surface area contributed by atoms with Gasteiger partial charge in [0, 0.05) is 44.9 Å². The van der Waals surface area contributed by atoms with Gasteiger partial charge in [0.2, 0.25) is 11.6 Å². The number of halogens is 14. The second kappa shape index (κ2) is 32.4. The van der Waals surface area contributed by atoms with E-state index in [-0.39, 0.29) is 58.2 Å². The first-order valence-corrected chi connectivity index (χ1v) is 24.7. The molecular weight excluding hydrogens is 1200 g/mol. The van der Waals surface area contributed by atoms with Crippen molar-refractivity contribution in [2.24, 2.45) is 5.11 Å². The summed E-state index contributed by atoms with van der Waals surface area (Å²) < 4.78 is 156. The van der Waals surface area contributed by atoms with Crippen LogP contribution in [0.4, 0.5) is 58.4 Å². The van der Waals surface area contributed by atoms with Crippen LogP contribution >= 0.6 is 23.2 Å². The largest absolute Gasteiger partial charge is 0.507 e. The van der Waals surface area contributed by atoms with Gasteiger partial charge in [-0.3, -0.25) is 14.4 Å². The minimum atomic E-state index is -4.56. The van der Waals surface area contributed by atoms with Crippen LogP contribution in [0, 0.1) is 52.4 Å². The molecule has 0 aliphatic carbocycles. The number of aliphatic hydroxyl groups is 1.